The van der Waals surface area contributed by atoms with Gasteiger partial charge in [-0.3, -0.25) is 19.6 Å². The predicted octanol–water partition coefficient (Wildman–Crippen LogP) is 2.86. The van der Waals surface area contributed by atoms with Crippen LogP contribution in [0.3, 0.4) is 0 Å². The molecule has 3 aliphatic heterocycles. The molecule has 0 bridgehead atoms. The molecule has 7 heteroatoms. The maximum atomic E-state index is 5.23. The number of aromatic nitrogens is 1. The van der Waals surface area contributed by atoms with Gasteiger partial charge in [-0.05, 0) is 41.5 Å². The molecule has 0 saturated carbocycles. The van der Waals surface area contributed by atoms with Gasteiger partial charge in [0.05, 0.1) is 25.8 Å². The molecule has 3 saturated heterocycles. The standard InChI is InChI=1S/C12H21N3S.C11H22N2O/c1-12(2,3)15-7-5-14(6-8-15)10-11-13-4-9-16-11;1-11(2,3)13-6-4-12(5-7-13)10-8-14-9-10/h4,9H,5-8,10H2,1-3H3;10H,4-9H2,1-3H3. The second-order valence-electron chi connectivity index (χ2n) is 10.7. The first kappa shape index (κ1) is 24.1. The molecule has 4 heterocycles. The minimum atomic E-state index is 0.313. The molecule has 0 amide bonds. The van der Waals surface area contributed by atoms with E-state index in [0.717, 1.165) is 38.9 Å². The maximum absolute atomic E-state index is 5.23. The van der Waals surface area contributed by atoms with Crippen molar-refractivity contribution in [1.82, 2.24) is 24.6 Å². The van der Waals surface area contributed by atoms with E-state index in [0.29, 0.717) is 11.1 Å². The van der Waals surface area contributed by atoms with Crippen molar-refractivity contribution in [1.29, 1.82) is 0 Å². The summed E-state index contributed by atoms with van der Waals surface area (Å²) in [5.41, 5.74) is 0.648. The van der Waals surface area contributed by atoms with Crippen LogP contribution in [0.4, 0.5) is 0 Å². The summed E-state index contributed by atoms with van der Waals surface area (Å²) in [5, 5.41) is 3.30. The minimum absolute atomic E-state index is 0.313. The van der Waals surface area contributed by atoms with Crippen LogP contribution in [0.1, 0.15) is 46.6 Å². The van der Waals surface area contributed by atoms with E-state index in [2.05, 4.69) is 71.5 Å². The monoisotopic (exact) mass is 437 g/mol. The molecule has 1 aromatic heterocycles. The van der Waals surface area contributed by atoms with Crippen LogP contribution in [0.5, 0.6) is 0 Å². The first-order valence-electron chi connectivity index (χ1n) is 11.6. The SMILES string of the molecule is CC(C)(C)N1CCN(C2COC2)CC1.CC(C)(C)N1CCN(Cc2nccs2)CC1. The van der Waals surface area contributed by atoms with Crippen molar-refractivity contribution >= 4 is 11.3 Å². The molecule has 172 valence electrons. The Labute approximate surface area is 188 Å². The van der Waals surface area contributed by atoms with Gasteiger partial charge in [-0.2, -0.15) is 0 Å². The van der Waals surface area contributed by atoms with Crippen LogP contribution in [0, 0.1) is 0 Å². The molecule has 0 spiro atoms. The van der Waals surface area contributed by atoms with Gasteiger partial charge >= 0.3 is 0 Å². The zero-order valence-electron chi connectivity index (χ0n) is 20.1. The van der Waals surface area contributed by atoms with E-state index in [1.807, 2.05) is 6.20 Å². The molecule has 3 fully saturated rings. The Bertz CT molecular complexity index is 605. The molecule has 30 heavy (non-hydrogen) atoms. The quantitative estimate of drug-likeness (QED) is 0.724. The maximum Gasteiger partial charge on any atom is 0.107 e. The molecule has 0 N–H and O–H groups in total. The fraction of sp³-hybridized carbons (Fsp3) is 0.870. The van der Waals surface area contributed by atoms with Crippen molar-refractivity contribution in [2.24, 2.45) is 0 Å². The molecule has 6 nitrogen and oxygen atoms in total. The molecule has 0 atom stereocenters. The lowest BCUT2D eigenvalue weighted by molar-refractivity contribution is -0.0830. The van der Waals surface area contributed by atoms with Crippen molar-refractivity contribution in [2.75, 3.05) is 65.6 Å². The summed E-state index contributed by atoms with van der Waals surface area (Å²) >= 11 is 1.76. The molecule has 4 rings (SSSR count). The lowest BCUT2D eigenvalue weighted by atomic mass is 10.0. The fourth-order valence-corrected chi connectivity index (χ4v) is 4.95. The van der Waals surface area contributed by atoms with Gasteiger partial charge in [-0.15, -0.1) is 11.3 Å². The van der Waals surface area contributed by atoms with Gasteiger partial charge in [0.2, 0.25) is 0 Å². The van der Waals surface area contributed by atoms with Gasteiger partial charge < -0.3 is 4.74 Å². The number of ether oxygens (including phenoxy) is 1. The molecule has 0 radical (unpaired) electrons. The first-order chi connectivity index (χ1) is 14.1. The second-order valence-corrected chi connectivity index (χ2v) is 11.7. The summed E-state index contributed by atoms with van der Waals surface area (Å²) in [6.07, 6.45) is 1.89. The van der Waals surface area contributed by atoms with Crippen molar-refractivity contribution in [3.63, 3.8) is 0 Å². The third-order valence-electron chi connectivity index (χ3n) is 6.56. The van der Waals surface area contributed by atoms with E-state index in [1.54, 1.807) is 11.3 Å². The Morgan fingerprint density at radius 2 is 1.40 bits per heavy atom. The van der Waals surface area contributed by atoms with E-state index in [-0.39, 0.29) is 0 Å². The van der Waals surface area contributed by atoms with Crippen molar-refractivity contribution in [2.45, 2.75) is 65.2 Å². The van der Waals surface area contributed by atoms with Crippen LogP contribution in [-0.4, -0.2) is 107 Å². The zero-order valence-corrected chi connectivity index (χ0v) is 20.9. The van der Waals surface area contributed by atoms with E-state index < -0.39 is 0 Å². The summed E-state index contributed by atoms with van der Waals surface area (Å²) < 4.78 is 5.23. The molecule has 0 aromatic carbocycles. The van der Waals surface area contributed by atoms with Crippen molar-refractivity contribution in [3.8, 4) is 0 Å². The molecule has 1 aromatic rings. The Hall–Kier alpha value is -0.570. The highest BCUT2D eigenvalue weighted by molar-refractivity contribution is 7.09. The molecule has 0 aliphatic carbocycles. The number of thiazole rings is 1. The predicted molar refractivity (Wildman–Crippen MR) is 126 cm³/mol. The van der Waals surface area contributed by atoms with Crippen LogP contribution in [-0.2, 0) is 11.3 Å². The van der Waals surface area contributed by atoms with Crippen molar-refractivity contribution in [3.05, 3.63) is 16.6 Å². The van der Waals surface area contributed by atoms with E-state index in [9.17, 15) is 0 Å². The Kier molecular flexibility index (Phi) is 8.32. The lowest BCUT2D eigenvalue weighted by Crippen LogP contribution is -2.59. The second kappa shape index (κ2) is 10.4. The fourth-order valence-electron chi connectivity index (χ4n) is 4.29. The smallest absolute Gasteiger partial charge is 0.107 e. The van der Waals surface area contributed by atoms with Crippen LogP contribution in [0.25, 0.3) is 0 Å². The van der Waals surface area contributed by atoms with Gasteiger partial charge in [0, 0.05) is 75.0 Å². The highest BCUT2D eigenvalue weighted by atomic mass is 32.1. The number of hydrogen-bond donors (Lipinski definition) is 0. The lowest BCUT2D eigenvalue weighted by Gasteiger charge is -2.46. The van der Waals surface area contributed by atoms with E-state index in [1.165, 1.54) is 44.3 Å². The van der Waals surface area contributed by atoms with Gasteiger partial charge in [-0.25, -0.2) is 4.98 Å². The van der Waals surface area contributed by atoms with Crippen LogP contribution >= 0.6 is 11.3 Å². The summed E-state index contributed by atoms with van der Waals surface area (Å²) in [7, 11) is 0. The Morgan fingerprint density at radius 3 is 1.80 bits per heavy atom. The summed E-state index contributed by atoms with van der Waals surface area (Å²) in [4.78, 5) is 14.6. The third kappa shape index (κ3) is 6.97. The van der Waals surface area contributed by atoms with Crippen LogP contribution < -0.4 is 0 Å². The summed E-state index contributed by atoms with van der Waals surface area (Å²) in [6.45, 7) is 26.2. The average Bonchev–Trinajstić information content (AvgIpc) is 3.13. The summed E-state index contributed by atoms with van der Waals surface area (Å²) in [6, 6.07) is 0.720. The molecule has 0 unspecified atom stereocenters. The summed E-state index contributed by atoms with van der Waals surface area (Å²) in [5.74, 6) is 0. The first-order valence-corrected chi connectivity index (χ1v) is 12.4. The molecule has 3 aliphatic rings. The number of piperazine rings is 2. The van der Waals surface area contributed by atoms with Gasteiger partial charge in [0.25, 0.3) is 0 Å². The molecular formula is C23H43N5OS. The topological polar surface area (TPSA) is 35.1 Å². The number of rotatable bonds is 3. The van der Waals surface area contributed by atoms with Gasteiger partial charge in [0.15, 0.2) is 0 Å². The van der Waals surface area contributed by atoms with Crippen LogP contribution in [0.2, 0.25) is 0 Å². The average molecular weight is 438 g/mol. The van der Waals surface area contributed by atoms with E-state index >= 15 is 0 Å². The van der Waals surface area contributed by atoms with Crippen LogP contribution in [0.15, 0.2) is 11.6 Å². The zero-order chi connectivity index (χ0) is 21.8. The largest absolute Gasteiger partial charge is 0.378 e. The Balaban J connectivity index is 0.000000172. The van der Waals surface area contributed by atoms with Crippen molar-refractivity contribution < 1.29 is 4.74 Å². The number of hydrogen-bond acceptors (Lipinski definition) is 7. The molecular weight excluding hydrogens is 394 g/mol. The number of nitrogens with zero attached hydrogens (tertiary/aromatic N) is 5. The normalized spacial score (nSPS) is 23.7. The third-order valence-corrected chi connectivity index (χ3v) is 7.33. The highest BCUT2D eigenvalue weighted by Gasteiger charge is 2.31. The van der Waals surface area contributed by atoms with Gasteiger partial charge in [-0.1, -0.05) is 0 Å². The Morgan fingerprint density at radius 1 is 0.867 bits per heavy atom. The highest BCUT2D eigenvalue weighted by Crippen LogP contribution is 2.19. The van der Waals surface area contributed by atoms with Gasteiger partial charge in [0.1, 0.15) is 5.01 Å². The minimum Gasteiger partial charge on any atom is -0.378 e. The van der Waals surface area contributed by atoms with E-state index in [4.69, 9.17) is 4.74 Å².